The van der Waals surface area contributed by atoms with Crippen molar-refractivity contribution >= 4 is 5.57 Å². The Morgan fingerprint density at radius 1 is 0.909 bits per heavy atom. The van der Waals surface area contributed by atoms with E-state index in [9.17, 15) is 0 Å². The lowest BCUT2D eigenvalue weighted by molar-refractivity contribution is 1.03. The summed E-state index contributed by atoms with van der Waals surface area (Å²) in [6.45, 7) is 4.61. The SMILES string of the molecule is CCc1c(C2=CC=CC2)cc2c(c1CC)-c1ccccc1C2. The predicted octanol–water partition coefficient (Wildman–Crippen LogP) is 5.73. The summed E-state index contributed by atoms with van der Waals surface area (Å²) in [6, 6.07) is 11.4. The molecule has 2 aliphatic carbocycles. The molecule has 0 bridgehead atoms. The lowest BCUT2D eigenvalue weighted by atomic mass is 9.85. The first-order valence-corrected chi connectivity index (χ1v) is 8.45. The third-order valence-electron chi connectivity index (χ3n) is 5.12. The molecule has 2 aromatic rings. The maximum absolute atomic E-state index is 2.48. The van der Waals surface area contributed by atoms with Crippen molar-refractivity contribution in [3.05, 3.63) is 76.4 Å². The van der Waals surface area contributed by atoms with Gasteiger partial charge < -0.3 is 0 Å². The molecule has 0 nitrogen and oxygen atoms in total. The van der Waals surface area contributed by atoms with E-state index in [2.05, 4.69) is 62.4 Å². The molecule has 0 atom stereocenters. The summed E-state index contributed by atoms with van der Waals surface area (Å²) in [5.41, 5.74) is 12.1. The Morgan fingerprint density at radius 3 is 2.45 bits per heavy atom. The molecule has 2 aliphatic rings. The van der Waals surface area contributed by atoms with Crippen LogP contribution in [0.1, 0.15) is 48.1 Å². The summed E-state index contributed by atoms with van der Waals surface area (Å²) in [5, 5.41) is 0. The number of rotatable bonds is 3. The molecule has 0 aliphatic heterocycles. The van der Waals surface area contributed by atoms with Crippen LogP contribution in [0.25, 0.3) is 16.7 Å². The first kappa shape index (κ1) is 13.6. The zero-order chi connectivity index (χ0) is 15.1. The van der Waals surface area contributed by atoms with E-state index in [1.165, 1.54) is 33.4 Å². The number of benzene rings is 2. The van der Waals surface area contributed by atoms with E-state index in [1.807, 2.05) is 0 Å². The first-order valence-electron chi connectivity index (χ1n) is 8.45. The van der Waals surface area contributed by atoms with Gasteiger partial charge in [0.2, 0.25) is 0 Å². The van der Waals surface area contributed by atoms with Gasteiger partial charge in [-0.2, -0.15) is 0 Å². The predicted molar refractivity (Wildman–Crippen MR) is 95.2 cm³/mol. The van der Waals surface area contributed by atoms with Gasteiger partial charge in [-0.05, 0) is 70.2 Å². The number of fused-ring (bicyclic) bond motifs is 3. The molecule has 0 saturated heterocycles. The molecule has 2 aromatic carbocycles. The van der Waals surface area contributed by atoms with E-state index in [0.29, 0.717) is 0 Å². The summed E-state index contributed by atoms with van der Waals surface area (Å²) >= 11 is 0. The highest BCUT2D eigenvalue weighted by atomic mass is 14.3. The maximum atomic E-state index is 2.48. The van der Waals surface area contributed by atoms with Crippen LogP contribution in [-0.2, 0) is 19.3 Å². The smallest absolute Gasteiger partial charge is 0.00131 e. The Balaban J connectivity index is 1.98. The van der Waals surface area contributed by atoms with Crippen molar-refractivity contribution in [2.45, 2.75) is 39.5 Å². The van der Waals surface area contributed by atoms with Crippen LogP contribution in [0.15, 0.2) is 48.6 Å². The van der Waals surface area contributed by atoms with Gasteiger partial charge in [0.1, 0.15) is 0 Å². The molecule has 0 N–H and O–H groups in total. The van der Waals surface area contributed by atoms with E-state index in [0.717, 1.165) is 25.7 Å². The minimum absolute atomic E-state index is 1.09. The maximum Gasteiger partial charge on any atom is -0.00131 e. The van der Waals surface area contributed by atoms with E-state index < -0.39 is 0 Å². The minimum atomic E-state index is 1.09. The molecule has 0 unspecified atom stereocenters. The van der Waals surface area contributed by atoms with Gasteiger partial charge in [0.05, 0.1) is 0 Å². The van der Waals surface area contributed by atoms with Gasteiger partial charge in [-0.1, -0.05) is 62.4 Å². The summed E-state index contributed by atoms with van der Waals surface area (Å²) in [6.07, 6.45) is 11.2. The van der Waals surface area contributed by atoms with Gasteiger partial charge in [-0.3, -0.25) is 0 Å². The summed E-state index contributed by atoms with van der Waals surface area (Å²) < 4.78 is 0. The standard InChI is InChI=1S/C22H22/c1-3-18-19(4-2)22-17(13-16-11-7-8-12-20(16)22)14-21(18)15-9-5-6-10-15/h5-9,11-12,14H,3-4,10,13H2,1-2H3. The Labute approximate surface area is 133 Å². The van der Waals surface area contributed by atoms with Crippen molar-refractivity contribution in [2.24, 2.45) is 0 Å². The van der Waals surface area contributed by atoms with Crippen molar-refractivity contribution in [2.75, 3.05) is 0 Å². The van der Waals surface area contributed by atoms with Crippen LogP contribution in [0.4, 0.5) is 0 Å². The average Bonchev–Trinajstić information content (AvgIpc) is 3.20. The van der Waals surface area contributed by atoms with Crippen LogP contribution in [-0.4, -0.2) is 0 Å². The van der Waals surface area contributed by atoms with Crippen LogP contribution in [0.2, 0.25) is 0 Å². The molecule has 0 heteroatoms. The Kier molecular flexibility index (Phi) is 3.26. The molecule has 4 rings (SSSR count). The van der Waals surface area contributed by atoms with Crippen LogP contribution >= 0.6 is 0 Å². The molecule has 0 radical (unpaired) electrons. The summed E-state index contributed by atoms with van der Waals surface area (Å²) in [5.74, 6) is 0. The molecule has 0 spiro atoms. The van der Waals surface area contributed by atoms with Crippen molar-refractivity contribution in [1.29, 1.82) is 0 Å². The molecule has 0 saturated carbocycles. The highest BCUT2D eigenvalue weighted by Gasteiger charge is 2.25. The third-order valence-corrected chi connectivity index (χ3v) is 5.12. The van der Waals surface area contributed by atoms with Crippen molar-refractivity contribution in [3.8, 4) is 11.1 Å². The number of allylic oxidation sites excluding steroid dienone is 4. The van der Waals surface area contributed by atoms with Crippen LogP contribution in [0.3, 0.4) is 0 Å². The zero-order valence-corrected chi connectivity index (χ0v) is 13.4. The van der Waals surface area contributed by atoms with Gasteiger partial charge in [-0.15, -0.1) is 0 Å². The Morgan fingerprint density at radius 2 is 1.73 bits per heavy atom. The second-order valence-electron chi connectivity index (χ2n) is 6.28. The van der Waals surface area contributed by atoms with Crippen molar-refractivity contribution in [1.82, 2.24) is 0 Å². The number of hydrogen-bond acceptors (Lipinski definition) is 0. The molecule has 0 aromatic heterocycles. The van der Waals surface area contributed by atoms with E-state index in [1.54, 1.807) is 11.1 Å². The largest absolute Gasteiger partial charge is 0.0801 e. The zero-order valence-electron chi connectivity index (χ0n) is 13.4. The normalized spacial score (nSPS) is 14.9. The lowest BCUT2D eigenvalue weighted by Crippen LogP contribution is -2.02. The molecular formula is C22H22. The Bertz CT molecular complexity index is 803. The monoisotopic (exact) mass is 286 g/mol. The van der Waals surface area contributed by atoms with Crippen LogP contribution < -0.4 is 0 Å². The number of hydrogen-bond donors (Lipinski definition) is 0. The molecule has 0 heterocycles. The van der Waals surface area contributed by atoms with Gasteiger partial charge in [0.25, 0.3) is 0 Å². The van der Waals surface area contributed by atoms with Crippen LogP contribution in [0, 0.1) is 0 Å². The highest BCUT2D eigenvalue weighted by molar-refractivity contribution is 5.85. The summed E-state index contributed by atoms with van der Waals surface area (Å²) in [4.78, 5) is 0. The van der Waals surface area contributed by atoms with Gasteiger partial charge in [0, 0.05) is 0 Å². The fraction of sp³-hybridized carbons (Fsp3) is 0.273. The first-order chi connectivity index (χ1) is 10.8. The van der Waals surface area contributed by atoms with Crippen molar-refractivity contribution < 1.29 is 0 Å². The Hall–Kier alpha value is -2.08. The van der Waals surface area contributed by atoms with E-state index in [4.69, 9.17) is 0 Å². The van der Waals surface area contributed by atoms with Gasteiger partial charge in [0.15, 0.2) is 0 Å². The molecule has 0 amide bonds. The van der Waals surface area contributed by atoms with E-state index >= 15 is 0 Å². The molecular weight excluding hydrogens is 264 g/mol. The fourth-order valence-corrected chi connectivity index (χ4v) is 4.17. The van der Waals surface area contributed by atoms with Crippen LogP contribution in [0.5, 0.6) is 0 Å². The fourth-order valence-electron chi connectivity index (χ4n) is 4.17. The highest BCUT2D eigenvalue weighted by Crippen LogP contribution is 2.43. The van der Waals surface area contributed by atoms with Gasteiger partial charge >= 0.3 is 0 Å². The summed E-state index contributed by atoms with van der Waals surface area (Å²) in [7, 11) is 0. The lowest BCUT2D eigenvalue weighted by Gasteiger charge is -2.19. The molecule has 22 heavy (non-hydrogen) atoms. The second kappa shape index (κ2) is 5.28. The van der Waals surface area contributed by atoms with E-state index in [-0.39, 0.29) is 0 Å². The van der Waals surface area contributed by atoms with Gasteiger partial charge in [-0.25, -0.2) is 0 Å². The second-order valence-corrected chi connectivity index (χ2v) is 6.28. The molecule has 110 valence electrons. The topological polar surface area (TPSA) is 0 Å². The average molecular weight is 286 g/mol. The third kappa shape index (κ3) is 1.90. The molecule has 0 fully saturated rings. The minimum Gasteiger partial charge on any atom is -0.0801 e. The van der Waals surface area contributed by atoms with Crippen molar-refractivity contribution in [3.63, 3.8) is 0 Å². The quantitative estimate of drug-likeness (QED) is 0.577.